The molecule has 0 saturated heterocycles. The number of aromatic nitrogens is 2. The number of hydrogen-bond acceptors (Lipinski definition) is 9. The van der Waals surface area contributed by atoms with Gasteiger partial charge in [-0.1, -0.05) is 31.2 Å². The first-order valence-electron chi connectivity index (χ1n) is 12.3. The third kappa shape index (κ3) is 6.51. The minimum Gasteiger partial charge on any atom is -0.508 e. The summed E-state index contributed by atoms with van der Waals surface area (Å²) in [6.07, 6.45) is 2.89. The molecular weight excluding hydrogens is 492 g/mol. The third-order valence-corrected chi connectivity index (χ3v) is 7.66. The number of rotatable bonds is 13. The van der Waals surface area contributed by atoms with Crippen molar-refractivity contribution in [3.63, 3.8) is 0 Å². The molecule has 4 rings (SSSR count). The van der Waals surface area contributed by atoms with Crippen LogP contribution in [-0.4, -0.2) is 43.5 Å². The predicted molar refractivity (Wildman–Crippen MR) is 145 cm³/mol. The fourth-order valence-corrected chi connectivity index (χ4v) is 5.80. The maximum Gasteiger partial charge on any atom is 0.300 e. The van der Waals surface area contributed by atoms with Gasteiger partial charge < -0.3 is 15.5 Å². The SMILES string of the molecule is CCC(c1ccc(O)cc1)C(CSCCCCNc1ccc([N+](=O)[O-])c2nonc12)c1ccc(O)cc1. The van der Waals surface area contributed by atoms with E-state index < -0.39 is 4.92 Å². The number of thioether (sulfide) groups is 1. The van der Waals surface area contributed by atoms with Crippen LogP contribution in [0.2, 0.25) is 0 Å². The smallest absolute Gasteiger partial charge is 0.300 e. The molecule has 2 atom stereocenters. The Morgan fingerprint density at radius 2 is 1.54 bits per heavy atom. The van der Waals surface area contributed by atoms with Gasteiger partial charge in [0, 0.05) is 18.4 Å². The number of benzene rings is 3. The highest BCUT2D eigenvalue weighted by molar-refractivity contribution is 7.99. The largest absolute Gasteiger partial charge is 0.508 e. The molecule has 1 heterocycles. The molecule has 2 unspecified atom stereocenters. The van der Waals surface area contributed by atoms with Gasteiger partial charge in [-0.2, -0.15) is 11.8 Å². The highest BCUT2D eigenvalue weighted by atomic mass is 32.2. The van der Waals surface area contributed by atoms with Gasteiger partial charge >= 0.3 is 5.69 Å². The van der Waals surface area contributed by atoms with E-state index in [-0.39, 0.29) is 28.6 Å². The number of unbranched alkanes of at least 4 members (excludes halogenated alkanes) is 1. The van der Waals surface area contributed by atoms with Crippen molar-refractivity contribution in [1.82, 2.24) is 10.3 Å². The Morgan fingerprint density at radius 1 is 0.919 bits per heavy atom. The summed E-state index contributed by atoms with van der Waals surface area (Å²) < 4.78 is 4.71. The molecule has 0 saturated carbocycles. The molecule has 4 aromatic rings. The summed E-state index contributed by atoms with van der Waals surface area (Å²) in [4.78, 5) is 10.6. The molecule has 194 valence electrons. The standard InChI is InChI=1S/C27H30N4O5S/c1-2-22(18-5-9-20(32)10-6-18)23(19-7-11-21(33)12-8-19)17-37-16-4-3-15-28-24-13-14-25(31(34)35)27-26(24)29-36-30-27/h5-14,22-23,28,32-33H,2-4,15-17H2,1H3. The van der Waals surface area contributed by atoms with E-state index in [1.165, 1.54) is 17.2 Å². The van der Waals surface area contributed by atoms with Crippen molar-refractivity contribution in [1.29, 1.82) is 0 Å². The lowest BCUT2D eigenvalue weighted by molar-refractivity contribution is -0.383. The normalized spacial score (nSPS) is 12.9. The number of nitrogens with one attached hydrogen (secondary N) is 1. The number of fused-ring (bicyclic) bond motifs is 1. The fraction of sp³-hybridized carbons (Fsp3) is 0.333. The minimum absolute atomic E-state index is 0.126. The van der Waals surface area contributed by atoms with Crippen LogP contribution in [0.25, 0.3) is 11.0 Å². The maximum atomic E-state index is 11.1. The van der Waals surface area contributed by atoms with Crippen LogP contribution in [-0.2, 0) is 0 Å². The van der Waals surface area contributed by atoms with Gasteiger partial charge in [-0.05, 0) is 88.6 Å². The van der Waals surface area contributed by atoms with Gasteiger partial charge in [0.15, 0.2) is 5.52 Å². The van der Waals surface area contributed by atoms with Crippen molar-refractivity contribution >= 4 is 34.2 Å². The summed E-state index contributed by atoms with van der Waals surface area (Å²) in [5.41, 5.74) is 3.43. The van der Waals surface area contributed by atoms with Gasteiger partial charge in [0.05, 0.1) is 10.6 Å². The summed E-state index contributed by atoms with van der Waals surface area (Å²) in [6.45, 7) is 2.88. The summed E-state index contributed by atoms with van der Waals surface area (Å²) >= 11 is 1.91. The average molecular weight is 523 g/mol. The van der Waals surface area contributed by atoms with Crippen molar-refractivity contribution in [3.8, 4) is 11.5 Å². The van der Waals surface area contributed by atoms with Crippen molar-refractivity contribution in [2.75, 3.05) is 23.4 Å². The number of hydrogen-bond donors (Lipinski definition) is 3. The first-order valence-corrected chi connectivity index (χ1v) is 13.4. The Kier molecular flexibility index (Phi) is 8.84. The van der Waals surface area contributed by atoms with E-state index in [0.717, 1.165) is 30.8 Å². The number of phenols is 2. The zero-order valence-electron chi connectivity index (χ0n) is 20.5. The summed E-state index contributed by atoms with van der Waals surface area (Å²) in [5, 5.41) is 41.4. The molecule has 0 aliphatic carbocycles. The summed E-state index contributed by atoms with van der Waals surface area (Å²) in [6, 6.07) is 18.0. The Hall–Kier alpha value is -3.79. The summed E-state index contributed by atoms with van der Waals surface area (Å²) in [5.74, 6) is 3.00. The highest BCUT2D eigenvalue weighted by Gasteiger charge is 2.24. The summed E-state index contributed by atoms with van der Waals surface area (Å²) in [7, 11) is 0. The number of nitro benzene ring substituents is 1. The number of nitro groups is 1. The minimum atomic E-state index is -0.496. The Morgan fingerprint density at radius 3 is 2.16 bits per heavy atom. The quantitative estimate of drug-likeness (QED) is 0.103. The average Bonchev–Trinajstić information content (AvgIpc) is 3.39. The van der Waals surface area contributed by atoms with E-state index in [0.29, 0.717) is 23.7 Å². The lowest BCUT2D eigenvalue weighted by Crippen LogP contribution is -2.14. The molecule has 0 aliphatic heterocycles. The zero-order valence-corrected chi connectivity index (χ0v) is 21.4. The Bertz CT molecular complexity index is 1310. The van der Waals surface area contributed by atoms with Gasteiger partial charge in [-0.25, -0.2) is 4.63 Å². The highest BCUT2D eigenvalue weighted by Crippen LogP contribution is 2.39. The maximum absolute atomic E-state index is 11.1. The van der Waals surface area contributed by atoms with Crippen molar-refractivity contribution in [2.24, 2.45) is 0 Å². The van der Waals surface area contributed by atoms with E-state index in [2.05, 4.69) is 22.6 Å². The molecule has 3 N–H and O–H groups in total. The molecule has 1 aromatic heterocycles. The monoisotopic (exact) mass is 522 g/mol. The molecule has 3 aromatic carbocycles. The van der Waals surface area contributed by atoms with Gasteiger partial charge in [-0.3, -0.25) is 10.1 Å². The van der Waals surface area contributed by atoms with Gasteiger partial charge in [0.2, 0.25) is 5.52 Å². The Balaban J connectivity index is 1.31. The second-order valence-electron chi connectivity index (χ2n) is 8.86. The van der Waals surface area contributed by atoms with Crippen LogP contribution >= 0.6 is 11.8 Å². The van der Waals surface area contributed by atoms with Crippen LogP contribution in [0, 0.1) is 10.1 Å². The van der Waals surface area contributed by atoms with Crippen molar-refractivity contribution < 1.29 is 19.8 Å². The zero-order chi connectivity index (χ0) is 26.2. The first-order chi connectivity index (χ1) is 18.0. The molecule has 9 nitrogen and oxygen atoms in total. The van der Waals surface area contributed by atoms with Crippen molar-refractivity contribution in [2.45, 2.75) is 38.0 Å². The molecule has 0 aliphatic rings. The molecule has 0 amide bonds. The van der Waals surface area contributed by atoms with Crippen LogP contribution in [0.5, 0.6) is 11.5 Å². The van der Waals surface area contributed by atoms with Crippen LogP contribution in [0.3, 0.4) is 0 Å². The van der Waals surface area contributed by atoms with E-state index >= 15 is 0 Å². The lowest BCUT2D eigenvalue weighted by atomic mass is 9.81. The lowest BCUT2D eigenvalue weighted by Gasteiger charge is -2.27. The van der Waals surface area contributed by atoms with Crippen LogP contribution in [0.1, 0.15) is 49.1 Å². The Labute approximate surface area is 219 Å². The number of phenolic OH excluding ortho intramolecular Hbond substituents is 2. The predicted octanol–water partition coefficient (Wildman–Crippen LogP) is 6.45. The van der Waals surface area contributed by atoms with Gasteiger partial charge in [-0.15, -0.1) is 0 Å². The molecule has 37 heavy (non-hydrogen) atoms. The topological polar surface area (TPSA) is 135 Å². The number of aromatic hydroxyl groups is 2. The third-order valence-electron chi connectivity index (χ3n) is 6.49. The van der Waals surface area contributed by atoms with E-state index in [4.69, 9.17) is 4.63 Å². The number of non-ortho nitro benzene ring substituents is 1. The van der Waals surface area contributed by atoms with E-state index in [9.17, 15) is 20.3 Å². The number of anilines is 1. The number of nitrogens with zero attached hydrogens (tertiary/aromatic N) is 3. The molecule has 0 spiro atoms. The second kappa shape index (κ2) is 12.4. The fourth-order valence-electron chi connectivity index (χ4n) is 4.55. The van der Waals surface area contributed by atoms with Crippen molar-refractivity contribution in [3.05, 3.63) is 81.9 Å². The molecule has 0 radical (unpaired) electrons. The molecule has 0 fully saturated rings. The van der Waals surface area contributed by atoms with Gasteiger partial charge in [0.25, 0.3) is 0 Å². The molecular formula is C27H30N4O5S. The molecule has 10 heteroatoms. The van der Waals surface area contributed by atoms with E-state index in [1.54, 1.807) is 30.3 Å². The molecule has 0 bridgehead atoms. The van der Waals surface area contributed by atoms with Crippen LogP contribution < -0.4 is 5.32 Å². The van der Waals surface area contributed by atoms with Crippen LogP contribution in [0.15, 0.2) is 65.3 Å². The first kappa shape index (κ1) is 26.3. The van der Waals surface area contributed by atoms with Crippen LogP contribution in [0.4, 0.5) is 11.4 Å². The van der Waals surface area contributed by atoms with Gasteiger partial charge in [0.1, 0.15) is 11.5 Å². The van der Waals surface area contributed by atoms with E-state index in [1.807, 2.05) is 36.0 Å². The second-order valence-corrected chi connectivity index (χ2v) is 10.0.